The number of hydrogen-bond donors (Lipinski definition) is 2. The van der Waals surface area contributed by atoms with E-state index >= 15 is 0 Å². The Bertz CT molecular complexity index is 1310. The first-order chi connectivity index (χ1) is 15.8. The van der Waals surface area contributed by atoms with Crippen molar-refractivity contribution in [2.24, 2.45) is 5.92 Å². The van der Waals surface area contributed by atoms with Crippen LogP contribution in [0.5, 0.6) is 0 Å². The molecule has 0 bridgehead atoms. The van der Waals surface area contributed by atoms with Crippen LogP contribution in [0.4, 0.5) is 0 Å². The van der Waals surface area contributed by atoms with Crippen LogP contribution in [-0.2, 0) is 18.3 Å². The van der Waals surface area contributed by atoms with Gasteiger partial charge in [0.1, 0.15) is 17.1 Å². The van der Waals surface area contributed by atoms with Crippen LogP contribution in [-0.4, -0.2) is 30.4 Å². The fourth-order valence-electron chi connectivity index (χ4n) is 5.36. The number of H-pyrrole nitrogens is 2. The zero-order chi connectivity index (χ0) is 23.3. The summed E-state index contributed by atoms with van der Waals surface area (Å²) >= 11 is 0. The molecule has 0 saturated carbocycles. The minimum atomic E-state index is 0.100. The average Bonchev–Trinajstić information content (AvgIpc) is 3.37. The number of rotatable bonds is 5. The molecule has 33 heavy (non-hydrogen) atoms. The Hall–Kier alpha value is -3.02. The third kappa shape index (κ3) is 3.75. The summed E-state index contributed by atoms with van der Waals surface area (Å²) in [6.07, 6.45) is 8.09. The van der Waals surface area contributed by atoms with Gasteiger partial charge in [-0.25, -0.2) is 4.98 Å². The third-order valence-corrected chi connectivity index (χ3v) is 6.95. The molecule has 0 fully saturated rings. The molecule has 0 aliphatic heterocycles. The van der Waals surface area contributed by atoms with Crippen LogP contribution in [0.2, 0.25) is 0 Å². The summed E-state index contributed by atoms with van der Waals surface area (Å²) in [6, 6.07) is 4.20. The highest BCUT2D eigenvalue weighted by molar-refractivity contribution is 5.96. The van der Waals surface area contributed by atoms with Crippen molar-refractivity contribution >= 4 is 10.8 Å². The maximum Gasteiger partial charge on any atom is 0.115 e. The lowest BCUT2D eigenvalue weighted by molar-refractivity contribution is 0.420. The molecule has 0 spiro atoms. The molecule has 4 aromatic rings. The number of nitrogens with zero attached hydrogens (tertiary/aromatic N) is 4. The van der Waals surface area contributed by atoms with Crippen molar-refractivity contribution in [2.75, 3.05) is 0 Å². The smallest absolute Gasteiger partial charge is 0.115 e. The molecule has 6 nitrogen and oxygen atoms in total. The minimum Gasteiger partial charge on any atom is -0.282 e. The van der Waals surface area contributed by atoms with Crippen molar-refractivity contribution in [3.8, 4) is 22.8 Å². The number of hydrogen-bond acceptors (Lipinski definition) is 4. The molecule has 0 saturated heterocycles. The first-order valence-electron chi connectivity index (χ1n) is 12.2. The second-order valence-corrected chi connectivity index (χ2v) is 10.8. The van der Waals surface area contributed by atoms with Crippen molar-refractivity contribution in [3.63, 3.8) is 0 Å². The SMILES string of the molecule is CC(C)Cc1[nH]nc(-c2cc3ccncc3c(-c3n[nH]c4c3CCCC4(C)C)n2)c1C(C)C. The summed E-state index contributed by atoms with van der Waals surface area (Å²) in [5.74, 6) is 0.908. The van der Waals surface area contributed by atoms with E-state index in [1.54, 1.807) is 0 Å². The topological polar surface area (TPSA) is 83.1 Å². The van der Waals surface area contributed by atoms with Crippen molar-refractivity contribution in [3.05, 3.63) is 47.0 Å². The molecular weight excluding hydrogens is 408 g/mol. The molecule has 4 aromatic heterocycles. The molecular formula is C27H34N6. The second kappa shape index (κ2) is 8.08. The number of pyridine rings is 2. The summed E-state index contributed by atoms with van der Waals surface area (Å²) in [5, 5.41) is 18.4. The highest BCUT2D eigenvalue weighted by Crippen LogP contribution is 2.41. The monoisotopic (exact) mass is 442 g/mol. The standard InChI is InChI=1S/C27H34N6/c1-15(2)12-20-22(16(3)4)25(32-30-20)21-13-17-9-11-28-14-19(17)23(29-21)24-18-8-7-10-27(5,6)26(18)33-31-24/h9,11,13-16H,7-8,10,12H2,1-6H3,(H,30,32)(H,31,33). The number of aromatic nitrogens is 6. The Morgan fingerprint density at radius 2 is 1.82 bits per heavy atom. The van der Waals surface area contributed by atoms with Gasteiger partial charge in [-0.05, 0) is 55.0 Å². The molecule has 0 aromatic carbocycles. The first kappa shape index (κ1) is 21.8. The fourth-order valence-corrected chi connectivity index (χ4v) is 5.36. The van der Waals surface area contributed by atoms with E-state index in [0.29, 0.717) is 11.8 Å². The first-order valence-corrected chi connectivity index (χ1v) is 12.2. The molecule has 0 unspecified atom stereocenters. The van der Waals surface area contributed by atoms with Crippen molar-refractivity contribution in [1.29, 1.82) is 0 Å². The number of nitrogens with one attached hydrogen (secondary N) is 2. The van der Waals surface area contributed by atoms with Crippen molar-refractivity contribution in [1.82, 2.24) is 30.4 Å². The van der Waals surface area contributed by atoms with Gasteiger partial charge in [-0.3, -0.25) is 15.2 Å². The molecule has 1 aliphatic carbocycles. The molecule has 4 heterocycles. The second-order valence-electron chi connectivity index (χ2n) is 10.8. The maximum absolute atomic E-state index is 5.20. The molecule has 0 amide bonds. The lowest BCUT2D eigenvalue weighted by Crippen LogP contribution is -2.23. The summed E-state index contributed by atoms with van der Waals surface area (Å²) < 4.78 is 0. The largest absolute Gasteiger partial charge is 0.282 e. The van der Waals surface area contributed by atoms with Gasteiger partial charge < -0.3 is 0 Å². The van der Waals surface area contributed by atoms with Gasteiger partial charge in [0.05, 0.1) is 5.69 Å². The predicted octanol–water partition coefficient (Wildman–Crippen LogP) is 6.35. The van der Waals surface area contributed by atoms with Gasteiger partial charge >= 0.3 is 0 Å². The zero-order valence-electron chi connectivity index (χ0n) is 20.6. The van der Waals surface area contributed by atoms with Crippen LogP contribution < -0.4 is 0 Å². The van der Waals surface area contributed by atoms with Crippen LogP contribution in [0.15, 0.2) is 24.5 Å². The van der Waals surface area contributed by atoms with Crippen molar-refractivity contribution < 1.29 is 0 Å². The van der Waals surface area contributed by atoms with Crippen LogP contribution in [0.25, 0.3) is 33.5 Å². The zero-order valence-corrected chi connectivity index (χ0v) is 20.6. The Kier molecular flexibility index (Phi) is 5.34. The summed E-state index contributed by atoms with van der Waals surface area (Å²) in [4.78, 5) is 9.61. The summed E-state index contributed by atoms with van der Waals surface area (Å²) in [6.45, 7) is 13.5. The van der Waals surface area contributed by atoms with Gasteiger partial charge in [-0.1, -0.05) is 41.5 Å². The van der Waals surface area contributed by atoms with Gasteiger partial charge in [-0.15, -0.1) is 0 Å². The van der Waals surface area contributed by atoms with E-state index in [4.69, 9.17) is 15.2 Å². The lowest BCUT2D eigenvalue weighted by Gasteiger charge is -2.29. The van der Waals surface area contributed by atoms with Gasteiger partial charge in [0, 0.05) is 45.7 Å². The quantitative estimate of drug-likeness (QED) is 0.377. The van der Waals surface area contributed by atoms with Crippen LogP contribution in [0.1, 0.15) is 82.8 Å². The molecule has 0 radical (unpaired) electrons. The van der Waals surface area contributed by atoms with E-state index in [1.165, 1.54) is 28.9 Å². The normalized spacial score (nSPS) is 15.5. The van der Waals surface area contributed by atoms with Crippen LogP contribution in [0.3, 0.4) is 0 Å². The molecule has 6 heteroatoms. The van der Waals surface area contributed by atoms with Crippen LogP contribution in [0, 0.1) is 5.92 Å². The lowest BCUT2D eigenvalue weighted by atomic mass is 9.76. The third-order valence-electron chi connectivity index (χ3n) is 6.95. The molecule has 2 N–H and O–H groups in total. The minimum absolute atomic E-state index is 0.100. The number of aromatic amines is 2. The molecule has 172 valence electrons. The Balaban J connectivity index is 1.73. The molecule has 5 rings (SSSR count). The van der Waals surface area contributed by atoms with Gasteiger partial charge in [0.15, 0.2) is 0 Å². The van der Waals surface area contributed by atoms with E-state index in [1.807, 2.05) is 12.4 Å². The highest BCUT2D eigenvalue weighted by Gasteiger charge is 2.33. The Labute approximate surface area is 195 Å². The predicted molar refractivity (Wildman–Crippen MR) is 133 cm³/mol. The van der Waals surface area contributed by atoms with E-state index < -0.39 is 0 Å². The van der Waals surface area contributed by atoms with E-state index in [-0.39, 0.29) is 5.41 Å². The summed E-state index contributed by atoms with van der Waals surface area (Å²) in [7, 11) is 0. The fraction of sp³-hybridized carbons (Fsp3) is 0.481. The van der Waals surface area contributed by atoms with Gasteiger partial charge in [0.2, 0.25) is 0 Å². The highest BCUT2D eigenvalue weighted by atomic mass is 15.1. The summed E-state index contributed by atoms with van der Waals surface area (Å²) in [5.41, 5.74) is 8.82. The molecule has 0 atom stereocenters. The Morgan fingerprint density at radius 3 is 2.58 bits per heavy atom. The van der Waals surface area contributed by atoms with Gasteiger partial charge in [0.25, 0.3) is 0 Å². The average molecular weight is 443 g/mol. The van der Waals surface area contributed by atoms with E-state index in [0.717, 1.165) is 52.8 Å². The Morgan fingerprint density at radius 1 is 1.03 bits per heavy atom. The van der Waals surface area contributed by atoms with E-state index in [9.17, 15) is 0 Å². The van der Waals surface area contributed by atoms with Gasteiger partial charge in [-0.2, -0.15) is 10.2 Å². The number of fused-ring (bicyclic) bond motifs is 2. The van der Waals surface area contributed by atoms with Crippen molar-refractivity contribution in [2.45, 2.75) is 78.6 Å². The van der Waals surface area contributed by atoms with Crippen LogP contribution >= 0.6 is 0 Å². The molecule has 1 aliphatic rings. The van der Waals surface area contributed by atoms with E-state index in [2.05, 4.69) is 68.9 Å². The maximum atomic E-state index is 5.20.